The first-order chi connectivity index (χ1) is 19.5. The molecule has 228 valence electrons. The highest BCUT2D eigenvalue weighted by Gasteiger charge is 2.50. The fourth-order valence-corrected chi connectivity index (χ4v) is 4.71. The Labute approximate surface area is 239 Å². The van der Waals surface area contributed by atoms with Crippen LogP contribution < -0.4 is 10.6 Å². The molecule has 12 heteroatoms. The number of nitrogens with zero attached hydrogens (tertiary/aromatic N) is 1. The molecular weight excluding hydrogens is 540 g/mol. The molecule has 2 saturated heterocycles. The summed E-state index contributed by atoms with van der Waals surface area (Å²) in [5.74, 6) is -3.20. The zero-order chi connectivity index (χ0) is 30.0. The van der Waals surface area contributed by atoms with Gasteiger partial charge in [-0.3, -0.25) is 24.1 Å². The van der Waals surface area contributed by atoms with Crippen LogP contribution in [0.4, 0.5) is 8.78 Å². The maximum Gasteiger partial charge on any atom is 0.345 e. The standard InChI is InChI=1S/C29H41F2N3O7/c1-19(2)13-22(32-25(36)16-34-9-11-39-12-10-34)24(35)15-21(17-40-28(30)31)27(38)33-23(26(37)29(3)18-41-29)14-20-7-5-4-6-8-20/h4-8,19,21-23,28H,9-18H2,1-3H3,(H,32,36)(H,33,38)/t21-,22-,23-,29+/m0/s1. The van der Waals surface area contributed by atoms with Crippen LogP contribution in [0.2, 0.25) is 0 Å². The van der Waals surface area contributed by atoms with E-state index in [0.717, 1.165) is 5.56 Å². The lowest BCUT2D eigenvalue weighted by molar-refractivity contribution is -0.152. The molecule has 10 nitrogen and oxygen atoms in total. The molecule has 41 heavy (non-hydrogen) atoms. The number of Topliss-reactive ketones (excluding diaryl/α,β-unsaturated/α-hetero) is 2. The van der Waals surface area contributed by atoms with Crippen molar-refractivity contribution in [3.63, 3.8) is 0 Å². The summed E-state index contributed by atoms with van der Waals surface area (Å²) in [6.45, 7) is 4.04. The van der Waals surface area contributed by atoms with Gasteiger partial charge in [0.25, 0.3) is 0 Å². The molecule has 2 amide bonds. The zero-order valence-corrected chi connectivity index (χ0v) is 23.9. The van der Waals surface area contributed by atoms with E-state index in [1.807, 2.05) is 24.8 Å². The fourth-order valence-electron chi connectivity index (χ4n) is 4.71. The minimum absolute atomic E-state index is 0.0318. The molecule has 3 rings (SSSR count). The number of ether oxygens (including phenoxy) is 3. The molecule has 2 fully saturated rings. The molecule has 0 radical (unpaired) electrons. The second-order valence-electron chi connectivity index (χ2n) is 11.2. The number of amides is 2. The molecule has 0 unspecified atom stereocenters. The summed E-state index contributed by atoms with van der Waals surface area (Å²) in [7, 11) is 0. The van der Waals surface area contributed by atoms with E-state index in [2.05, 4.69) is 15.4 Å². The number of ketones is 2. The average Bonchev–Trinajstić information content (AvgIpc) is 3.68. The normalized spacial score (nSPS) is 21.2. The number of rotatable bonds is 17. The molecule has 1 aromatic rings. The molecule has 0 aliphatic carbocycles. The monoisotopic (exact) mass is 581 g/mol. The largest absolute Gasteiger partial charge is 0.379 e. The van der Waals surface area contributed by atoms with Crippen LogP contribution in [0.15, 0.2) is 30.3 Å². The first kappa shape index (κ1) is 32.7. The van der Waals surface area contributed by atoms with Crippen molar-refractivity contribution in [3.8, 4) is 0 Å². The van der Waals surface area contributed by atoms with Crippen molar-refractivity contribution < 1.29 is 42.2 Å². The lowest BCUT2D eigenvalue weighted by atomic mass is 9.91. The van der Waals surface area contributed by atoms with Crippen LogP contribution in [0.3, 0.4) is 0 Å². The van der Waals surface area contributed by atoms with E-state index in [1.165, 1.54) is 0 Å². The number of halogens is 2. The summed E-state index contributed by atoms with van der Waals surface area (Å²) in [4.78, 5) is 54.6. The Morgan fingerprint density at radius 1 is 1.05 bits per heavy atom. The highest BCUT2D eigenvalue weighted by molar-refractivity contribution is 5.98. The van der Waals surface area contributed by atoms with Crippen LogP contribution >= 0.6 is 0 Å². The van der Waals surface area contributed by atoms with Gasteiger partial charge in [-0.2, -0.15) is 8.78 Å². The summed E-state index contributed by atoms with van der Waals surface area (Å²) in [5.41, 5.74) is -0.253. The second kappa shape index (κ2) is 15.4. The summed E-state index contributed by atoms with van der Waals surface area (Å²) in [6.07, 6.45) is 0.0185. The van der Waals surface area contributed by atoms with E-state index in [-0.39, 0.29) is 37.2 Å². The number of nitrogens with one attached hydrogen (secondary N) is 2. The minimum Gasteiger partial charge on any atom is -0.379 e. The number of morpholine rings is 1. The smallest absolute Gasteiger partial charge is 0.345 e. The Morgan fingerprint density at radius 3 is 2.29 bits per heavy atom. The predicted octanol–water partition coefficient (Wildman–Crippen LogP) is 1.75. The summed E-state index contributed by atoms with van der Waals surface area (Å²) < 4.78 is 41.0. The van der Waals surface area contributed by atoms with Gasteiger partial charge in [-0.25, -0.2) is 0 Å². The molecule has 0 aromatic heterocycles. The van der Waals surface area contributed by atoms with Crippen molar-refractivity contribution in [2.24, 2.45) is 11.8 Å². The van der Waals surface area contributed by atoms with Gasteiger partial charge in [0, 0.05) is 19.5 Å². The van der Waals surface area contributed by atoms with Gasteiger partial charge in [-0.1, -0.05) is 44.2 Å². The van der Waals surface area contributed by atoms with Crippen LogP contribution in [-0.2, 0) is 39.8 Å². The first-order valence-electron chi connectivity index (χ1n) is 14.0. The van der Waals surface area contributed by atoms with Crippen molar-refractivity contribution in [1.29, 1.82) is 0 Å². The Kier molecular flexibility index (Phi) is 12.3. The van der Waals surface area contributed by atoms with Gasteiger partial charge >= 0.3 is 6.61 Å². The molecule has 1 aromatic carbocycles. The maximum absolute atomic E-state index is 13.4. The molecule has 2 aliphatic rings. The lowest BCUT2D eigenvalue weighted by Gasteiger charge is -2.28. The van der Waals surface area contributed by atoms with Gasteiger partial charge < -0.3 is 24.8 Å². The summed E-state index contributed by atoms with van der Waals surface area (Å²) in [5, 5.41) is 5.43. The third kappa shape index (κ3) is 10.8. The number of hydrogen-bond donors (Lipinski definition) is 2. The Hall–Kier alpha value is -2.80. The highest BCUT2D eigenvalue weighted by Crippen LogP contribution is 2.29. The number of benzene rings is 1. The molecule has 0 spiro atoms. The number of hydrogen-bond acceptors (Lipinski definition) is 8. The quantitative estimate of drug-likeness (QED) is 0.267. The van der Waals surface area contributed by atoms with Crippen molar-refractivity contribution >= 4 is 23.4 Å². The van der Waals surface area contributed by atoms with Gasteiger partial charge in [0.05, 0.1) is 51.0 Å². The van der Waals surface area contributed by atoms with Gasteiger partial charge in [0.15, 0.2) is 11.6 Å². The average molecular weight is 582 g/mol. The zero-order valence-electron chi connectivity index (χ0n) is 23.9. The molecular formula is C29H41F2N3O7. The first-order valence-corrected chi connectivity index (χ1v) is 14.0. The van der Waals surface area contributed by atoms with Crippen LogP contribution in [0.1, 0.15) is 39.2 Å². The maximum atomic E-state index is 13.4. The van der Waals surface area contributed by atoms with Gasteiger partial charge in [0.1, 0.15) is 5.60 Å². The number of epoxide rings is 1. The fraction of sp³-hybridized carbons (Fsp3) is 0.655. The van der Waals surface area contributed by atoms with E-state index >= 15 is 0 Å². The summed E-state index contributed by atoms with van der Waals surface area (Å²) in [6, 6.07) is 7.12. The Balaban J connectivity index is 1.71. The lowest BCUT2D eigenvalue weighted by Crippen LogP contribution is -2.51. The Bertz CT molecular complexity index is 1030. The molecule has 2 N–H and O–H groups in total. The van der Waals surface area contributed by atoms with E-state index in [1.54, 1.807) is 31.2 Å². The van der Waals surface area contributed by atoms with Gasteiger partial charge in [-0.05, 0) is 31.2 Å². The SMILES string of the molecule is CC(C)C[C@H](NC(=O)CN1CCOCC1)C(=O)C[C@@H](COC(F)F)C(=O)N[C@@H](Cc1ccccc1)C(=O)[C@@]1(C)CO1. The van der Waals surface area contributed by atoms with E-state index < -0.39 is 54.9 Å². The molecule has 2 aliphatic heterocycles. The van der Waals surface area contributed by atoms with E-state index in [0.29, 0.717) is 32.7 Å². The van der Waals surface area contributed by atoms with Crippen LogP contribution in [-0.4, -0.2) is 98.6 Å². The molecule has 4 atom stereocenters. The topological polar surface area (TPSA) is 127 Å². The predicted molar refractivity (Wildman–Crippen MR) is 145 cm³/mol. The third-order valence-corrected chi connectivity index (χ3v) is 7.16. The van der Waals surface area contributed by atoms with Crippen LogP contribution in [0, 0.1) is 11.8 Å². The van der Waals surface area contributed by atoms with Crippen molar-refractivity contribution in [3.05, 3.63) is 35.9 Å². The minimum atomic E-state index is -3.15. The molecule has 0 bridgehead atoms. The van der Waals surface area contributed by atoms with E-state index in [9.17, 15) is 28.0 Å². The van der Waals surface area contributed by atoms with Crippen molar-refractivity contribution in [2.45, 2.75) is 64.3 Å². The van der Waals surface area contributed by atoms with Crippen molar-refractivity contribution in [2.75, 3.05) is 46.1 Å². The van der Waals surface area contributed by atoms with Crippen LogP contribution in [0.5, 0.6) is 0 Å². The molecule has 2 heterocycles. The summed E-state index contributed by atoms with van der Waals surface area (Å²) >= 11 is 0. The third-order valence-electron chi connectivity index (χ3n) is 7.16. The van der Waals surface area contributed by atoms with Gasteiger partial charge in [0.2, 0.25) is 11.8 Å². The van der Waals surface area contributed by atoms with Gasteiger partial charge in [-0.15, -0.1) is 0 Å². The Morgan fingerprint density at radius 2 is 1.71 bits per heavy atom. The second-order valence-corrected chi connectivity index (χ2v) is 11.2. The van der Waals surface area contributed by atoms with E-state index in [4.69, 9.17) is 9.47 Å². The number of carbonyl (C=O) groups is 4. The number of carbonyl (C=O) groups excluding carboxylic acids is 4. The van der Waals surface area contributed by atoms with Crippen LogP contribution in [0.25, 0.3) is 0 Å². The molecule has 0 saturated carbocycles. The van der Waals surface area contributed by atoms with Crippen molar-refractivity contribution in [1.82, 2.24) is 15.5 Å². The number of alkyl halides is 2. The highest BCUT2D eigenvalue weighted by atomic mass is 19.3.